The first-order chi connectivity index (χ1) is 19.1. The summed E-state index contributed by atoms with van der Waals surface area (Å²) in [6.45, 7) is 4.13. The van der Waals surface area contributed by atoms with Gasteiger partial charge in [-0.25, -0.2) is 21.5 Å². The fraction of sp³-hybridized carbons (Fsp3) is 0.567. The van der Waals surface area contributed by atoms with Crippen molar-refractivity contribution in [1.29, 1.82) is 0 Å². The maximum Gasteiger partial charge on any atom is 0.320 e. The molecule has 1 aliphatic carbocycles. The summed E-state index contributed by atoms with van der Waals surface area (Å²) in [4.78, 5) is 16.7. The average Bonchev–Trinajstić information content (AvgIpc) is 3.66. The van der Waals surface area contributed by atoms with Crippen molar-refractivity contribution in [2.75, 3.05) is 46.3 Å². The topological polar surface area (TPSA) is 81.2 Å². The van der Waals surface area contributed by atoms with E-state index < -0.39 is 27.9 Å². The fourth-order valence-corrected chi connectivity index (χ4v) is 7.71. The second-order valence-electron chi connectivity index (χ2n) is 11.9. The summed E-state index contributed by atoms with van der Waals surface area (Å²) < 4.78 is 54.6. The zero-order chi connectivity index (χ0) is 28.4. The van der Waals surface area contributed by atoms with Gasteiger partial charge in [0.2, 0.25) is 10.0 Å². The molecule has 0 spiro atoms. The van der Waals surface area contributed by atoms with Gasteiger partial charge in [0.1, 0.15) is 17.7 Å². The van der Waals surface area contributed by atoms with E-state index >= 15 is 0 Å². The number of aliphatic carboxylic acids is 1. The number of hydrogen-bond acceptors (Lipinski definition) is 5. The molecule has 2 heterocycles. The number of nitrogens with zero attached hydrogens (tertiary/aromatic N) is 3. The van der Waals surface area contributed by atoms with Gasteiger partial charge in [-0.1, -0.05) is 25.0 Å². The van der Waals surface area contributed by atoms with E-state index in [1.165, 1.54) is 22.5 Å². The molecule has 218 valence electrons. The fourth-order valence-electron chi connectivity index (χ4n) is 6.47. The minimum Gasteiger partial charge on any atom is -0.480 e. The number of benzene rings is 2. The molecular weight excluding hydrogens is 536 g/mol. The van der Waals surface area contributed by atoms with Crippen LogP contribution in [0.25, 0.3) is 0 Å². The van der Waals surface area contributed by atoms with Crippen LogP contribution in [0.1, 0.15) is 43.6 Å². The molecule has 1 saturated carbocycles. The van der Waals surface area contributed by atoms with Crippen LogP contribution in [0.2, 0.25) is 0 Å². The lowest BCUT2D eigenvalue weighted by molar-refractivity contribution is -0.143. The van der Waals surface area contributed by atoms with E-state index in [2.05, 4.69) is 9.80 Å². The molecule has 40 heavy (non-hydrogen) atoms. The van der Waals surface area contributed by atoms with Gasteiger partial charge in [0.15, 0.2) is 0 Å². The van der Waals surface area contributed by atoms with E-state index in [-0.39, 0.29) is 28.5 Å². The van der Waals surface area contributed by atoms with Crippen molar-refractivity contribution >= 4 is 16.0 Å². The average molecular weight is 576 g/mol. The number of carboxylic acids is 1. The van der Waals surface area contributed by atoms with Crippen molar-refractivity contribution in [3.63, 3.8) is 0 Å². The SMILES string of the molecule is CN(CC1CCN(CC2CN(C(CC3CC3)C(=O)O)CC2c2cccc(F)c2)CC1)S(=O)(=O)c1ccc(F)cc1. The molecule has 0 amide bonds. The maximum absolute atomic E-state index is 14.1. The number of piperidine rings is 1. The molecule has 3 fully saturated rings. The summed E-state index contributed by atoms with van der Waals surface area (Å²) in [6.07, 6.45) is 4.58. The quantitative estimate of drug-likeness (QED) is 0.431. The predicted molar refractivity (Wildman–Crippen MR) is 148 cm³/mol. The van der Waals surface area contributed by atoms with Gasteiger partial charge in [0, 0.05) is 39.1 Å². The van der Waals surface area contributed by atoms with Gasteiger partial charge in [0.05, 0.1) is 4.90 Å². The Bertz CT molecular complexity index is 1280. The highest BCUT2D eigenvalue weighted by Gasteiger charge is 2.42. The molecule has 2 aliphatic heterocycles. The van der Waals surface area contributed by atoms with E-state index in [9.17, 15) is 27.1 Å². The molecular formula is C30H39F2N3O4S. The summed E-state index contributed by atoms with van der Waals surface area (Å²) in [5, 5.41) is 9.99. The third-order valence-corrected chi connectivity index (χ3v) is 10.8. The summed E-state index contributed by atoms with van der Waals surface area (Å²) in [5.74, 6) is -0.570. The van der Waals surface area contributed by atoms with E-state index in [0.29, 0.717) is 32.0 Å². The molecule has 3 unspecified atom stereocenters. The van der Waals surface area contributed by atoms with Gasteiger partial charge in [-0.15, -0.1) is 0 Å². The van der Waals surface area contributed by atoms with Crippen LogP contribution >= 0.6 is 0 Å². The lowest BCUT2D eigenvalue weighted by atomic mass is 9.87. The molecule has 0 radical (unpaired) electrons. The number of rotatable bonds is 11. The standard InChI is InChI=1S/C30H39F2N3O4S/c1-33(40(38,39)27-9-7-25(31)8-10-27)17-22-11-13-34(14-12-22)18-24-19-35(29(30(36)37)15-21-5-6-21)20-28(24)23-3-2-4-26(32)16-23/h2-4,7-10,16,21-22,24,28-29H,5-6,11-15,17-20H2,1H3,(H,36,37). The van der Waals surface area contributed by atoms with Crippen LogP contribution in [0.3, 0.4) is 0 Å². The van der Waals surface area contributed by atoms with Gasteiger partial charge in [0.25, 0.3) is 0 Å². The molecule has 2 aromatic carbocycles. The van der Waals surface area contributed by atoms with Crippen LogP contribution in [0.4, 0.5) is 8.78 Å². The van der Waals surface area contributed by atoms with E-state index in [1.54, 1.807) is 19.2 Å². The Morgan fingerprint density at radius 3 is 2.33 bits per heavy atom. The van der Waals surface area contributed by atoms with Crippen LogP contribution in [-0.4, -0.2) is 86.0 Å². The second kappa shape index (κ2) is 12.2. The monoisotopic (exact) mass is 575 g/mol. The van der Waals surface area contributed by atoms with Crippen LogP contribution in [0.15, 0.2) is 53.4 Å². The zero-order valence-corrected chi connectivity index (χ0v) is 23.8. The normalized spacial score (nSPS) is 24.0. The summed E-state index contributed by atoms with van der Waals surface area (Å²) in [7, 11) is -2.11. The van der Waals surface area contributed by atoms with Gasteiger partial charge in [-0.2, -0.15) is 0 Å². The molecule has 5 rings (SSSR count). The Labute approximate surface area is 235 Å². The third-order valence-electron chi connectivity index (χ3n) is 8.96. The molecule has 3 atom stereocenters. The molecule has 2 saturated heterocycles. The Morgan fingerprint density at radius 2 is 1.70 bits per heavy atom. The van der Waals surface area contributed by atoms with Crippen LogP contribution in [-0.2, 0) is 14.8 Å². The Hall–Kier alpha value is -2.40. The highest BCUT2D eigenvalue weighted by molar-refractivity contribution is 7.89. The lowest BCUT2D eigenvalue weighted by Crippen LogP contribution is -2.43. The van der Waals surface area contributed by atoms with Crippen LogP contribution in [0, 0.1) is 29.4 Å². The smallest absolute Gasteiger partial charge is 0.320 e. The molecule has 1 N–H and O–H groups in total. The van der Waals surface area contributed by atoms with E-state index in [0.717, 1.165) is 63.0 Å². The van der Waals surface area contributed by atoms with Gasteiger partial charge >= 0.3 is 5.97 Å². The number of likely N-dealkylation sites (tertiary alicyclic amines) is 2. The van der Waals surface area contributed by atoms with Crippen molar-refractivity contribution in [3.8, 4) is 0 Å². The molecule has 7 nitrogen and oxygen atoms in total. The van der Waals surface area contributed by atoms with Gasteiger partial charge < -0.3 is 10.0 Å². The summed E-state index contributed by atoms with van der Waals surface area (Å²) >= 11 is 0. The molecule has 0 aromatic heterocycles. The number of carboxylic acid groups (broad SMARTS) is 1. The Balaban J connectivity index is 1.20. The van der Waals surface area contributed by atoms with Crippen molar-refractivity contribution in [2.45, 2.75) is 49.0 Å². The predicted octanol–water partition coefficient (Wildman–Crippen LogP) is 4.27. The first-order valence-electron chi connectivity index (χ1n) is 14.3. The first-order valence-corrected chi connectivity index (χ1v) is 15.7. The third kappa shape index (κ3) is 6.90. The van der Waals surface area contributed by atoms with Crippen LogP contribution in [0.5, 0.6) is 0 Å². The minimum atomic E-state index is -3.69. The van der Waals surface area contributed by atoms with Crippen molar-refractivity contribution < 1.29 is 27.1 Å². The number of halogens is 2. The number of carbonyl (C=O) groups is 1. The van der Waals surface area contributed by atoms with Gasteiger partial charge in [-0.05, 0) is 92.1 Å². The van der Waals surface area contributed by atoms with Gasteiger partial charge in [-0.3, -0.25) is 9.69 Å². The highest BCUT2D eigenvalue weighted by atomic mass is 32.2. The molecule has 3 aliphatic rings. The summed E-state index contributed by atoms with van der Waals surface area (Å²) in [6, 6.07) is 11.1. The van der Waals surface area contributed by atoms with E-state index in [4.69, 9.17) is 0 Å². The van der Waals surface area contributed by atoms with E-state index in [1.807, 2.05) is 6.07 Å². The largest absolute Gasteiger partial charge is 0.480 e. The Morgan fingerprint density at radius 1 is 1.00 bits per heavy atom. The second-order valence-corrected chi connectivity index (χ2v) is 13.9. The molecule has 10 heteroatoms. The first kappa shape index (κ1) is 29.1. The highest BCUT2D eigenvalue weighted by Crippen LogP contribution is 2.39. The van der Waals surface area contributed by atoms with Crippen LogP contribution < -0.4 is 0 Å². The lowest BCUT2D eigenvalue weighted by Gasteiger charge is -2.36. The summed E-state index contributed by atoms with van der Waals surface area (Å²) in [5.41, 5.74) is 0.922. The maximum atomic E-state index is 14.1. The molecule has 0 bridgehead atoms. The molecule has 2 aromatic rings. The van der Waals surface area contributed by atoms with Crippen molar-refractivity contribution in [3.05, 3.63) is 65.7 Å². The van der Waals surface area contributed by atoms with Crippen molar-refractivity contribution in [2.24, 2.45) is 17.8 Å². The zero-order valence-electron chi connectivity index (χ0n) is 23.0. The number of hydrogen-bond donors (Lipinski definition) is 1. The van der Waals surface area contributed by atoms with Crippen molar-refractivity contribution in [1.82, 2.24) is 14.1 Å². The minimum absolute atomic E-state index is 0.0569. The number of sulfonamides is 1. The Kier molecular flexibility index (Phi) is 8.89.